The normalized spacial score (nSPS) is 15.0. The number of ether oxygens (including phenoxy) is 1. The number of aliphatic hydroxyl groups is 1. The summed E-state index contributed by atoms with van der Waals surface area (Å²) in [5, 5.41) is 22.7. The van der Waals surface area contributed by atoms with Crippen molar-refractivity contribution >= 4 is 15.7 Å². The van der Waals surface area contributed by atoms with Gasteiger partial charge in [-0.3, -0.25) is 15.3 Å². The first-order valence-corrected chi connectivity index (χ1v) is 10.6. The Morgan fingerprint density at radius 1 is 1.19 bits per heavy atom. The molecule has 0 aliphatic rings. The zero-order valence-electron chi connectivity index (χ0n) is 16.1. The van der Waals surface area contributed by atoms with Crippen LogP contribution in [0.2, 0.25) is 0 Å². The third-order valence-corrected chi connectivity index (χ3v) is 6.76. The first-order valence-electron chi connectivity index (χ1n) is 9.08. The molecule has 1 amide bonds. The van der Waals surface area contributed by atoms with Crippen molar-refractivity contribution in [1.29, 1.82) is 0 Å². The zero-order chi connectivity index (χ0) is 20.5. The molecule has 9 heteroatoms. The highest BCUT2D eigenvalue weighted by Gasteiger charge is 2.56. The SMILES string of the molecule is CCCCCC(O)[C@](NCCC)(C(=O)NO)S(=O)(=O)c1ccc(OC)cc1. The van der Waals surface area contributed by atoms with E-state index < -0.39 is 26.7 Å². The molecular weight excluding hydrogens is 372 g/mol. The van der Waals surface area contributed by atoms with E-state index in [1.165, 1.54) is 36.9 Å². The first-order chi connectivity index (χ1) is 12.8. The second-order valence-corrected chi connectivity index (χ2v) is 8.42. The van der Waals surface area contributed by atoms with Crippen LogP contribution in [-0.2, 0) is 14.6 Å². The molecule has 0 fully saturated rings. The van der Waals surface area contributed by atoms with Gasteiger partial charge in [0.2, 0.25) is 14.7 Å². The van der Waals surface area contributed by atoms with Crippen molar-refractivity contribution in [2.45, 2.75) is 61.8 Å². The van der Waals surface area contributed by atoms with Crippen LogP contribution in [0.15, 0.2) is 29.2 Å². The van der Waals surface area contributed by atoms with Crippen LogP contribution in [0.4, 0.5) is 0 Å². The van der Waals surface area contributed by atoms with Gasteiger partial charge in [0.05, 0.1) is 18.1 Å². The maximum Gasteiger partial charge on any atom is 0.282 e. The first kappa shape index (κ1) is 23.4. The van der Waals surface area contributed by atoms with Crippen molar-refractivity contribution in [3.8, 4) is 5.75 Å². The lowest BCUT2D eigenvalue weighted by atomic mass is 10.0. The van der Waals surface area contributed by atoms with Crippen LogP contribution in [0, 0.1) is 0 Å². The molecule has 1 aromatic rings. The van der Waals surface area contributed by atoms with Crippen molar-refractivity contribution in [2.75, 3.05) is 13.7 Å². The van der Waals surface area contributed by atoms with E-state index >= 15 is 0 Å². The van der Waals surface area contributed by atoms with Crippen molar-refractivity contribution < 1.29 is 28.3 Å². The van der Waals surface area contributed by atoms with Gasteiger partial charge >= 0.3 is 0 Å². The summed E-state index contributed by atoms with van der Waals surface area (Å²) in [6.45, 7) is 3.94. The molecule has 0 spiro atoms. The number of sulfone groups is 1. The summed E-state index contributed by atoms with van der Waals surface area (Å²) in [6, 6.07) is 5.52. The molecule has 27 heavy (non-hydrogen) atoms. The number of methoxy groups -OCH3 is 1. The lowest BCUT2D eigenvalue weighted by Crippen LogP contribution is -2.68. The van der Waals surface area contributed by atoms with E-state index in [2.05, 4.69) is 5.32 Å². The second kappa shape index (κ2) is 10.6. The number of benzene rings is 1. The smallest absolute Gasteiger partial charge is 0.282 e. The summed E-state index contributed by atoms with van der Waals surface area (Å²) in [5.74, 6) is -0.757. The number of amides is 1. The molecule has 0 bridgehead atoms. The molecule has 0 aliphatic heterocycles. The highest BCUT2D eigenvalue weighted by Crippen LogP contribution is 2.31. The molecule has 1 aromatic carbocycles. The average Bonchev–Trinajstić information content (AvgIpc) is 2.68. The van der Waals surface area contributed by atoms with E-state index in [1.54, 1.807) is 6.92 Å². The Morgan fingerprint density at radius 2 is 1.81 bits per heavy atom. The van der Waals surface area contributed by atoms with Gasteiger partial charge in [0.15, 0.2) is 0 Å². The summed E-state index contributed by atoms with van der Waals surface area (Å²) in [6.07, 6.45) is 1.27. The Bertz CT molecular complexity index is 692. The van der Waals surface area contributed by atoms with E-state index in [0.717, 1.165) is 12.8 Å². The van der Waals surface area contributed by atoms with E-state index in [9.17, 15) is 23.5 Å². The summed E-state index contributed by atoms with van der Waals surface area (Å²) in [7, 11) is -2.94. The molecule has 0 radical (unpaired) electrons. The molecule has 1 unspecified atom stereocenters. The largest absolute Gasteiger partial charge is 0.497 e. The minimum absolute atomic E-state index is 0.0906. The number of hydroxylamine groups is 1. The number of carbonyl (C=O) groups excluding carboxylic acids is 1. The monoisotopic (exact) mass is 402 g/mol. The molecule has 1 rings (SSSR count). The van der Waals surface area contributed by atoms with Gasteiger partial charge in [0, 0.05) is 0 Å². The molecule has 0 aliphatic carbocycles. The van der Waals surface area contributed by atoms with Gasteiger partial charge in [-0.15, -0.1) is 0 Å². The number of unbranched alkanes of at least 4 members (excludes halogenated alkanes) is 2. The Balaban J connectivity index is 3.48. The highest BCUT2D eigenvalue weighted by atomic mass is 32.2. The average molecular weight is 403 g/mol. The Labute approximate surface area is 160 Å². The van der Waals surface area contributed by atoms with Crippen molar-refractivity contribution in [3.05, 3.63) is 24.3 Å². The second-order valence-electron chi connectivity index (χ2n) is 6.29. The summed E-state index contributed by atoms with van der Waals surface area (Å²) in [5.41, 5.74) is 1.42. The van der Waals surface area contributed by atoms with Gasteiger partial charge in [-0.25, -0.2) is 13.9 Å². The summed E-state index contributed by atoms with van der Waals surface area (Å²) in [4.78, 5) is 10.0. The molecule has 0 saturated carbocycles. The van der Waals surface area contributed by atoms with Crippen molar-refractivity contribution in [2.24, 2.45) is 0 Å². The van der Waals surface area contributed by atoms with Crippen LogP contribution in [0.25, 0.3) is 0 Å². The Hall–Kier alpha value is -1.68. The lowest BCUT2D eigenvalue weighted by Gasteiger charge is -2.36. The van der Waals surface area contributed by atoms with Crippen LogP contribution in [0.3, 0.4) is 0 Å². The third kappa shape index (κ3) is 4.98. The van der Waals surface area contributed by atoms with Crippen LogP contribution in [-0.4, -0.2) is 49.3 Å². The quantitative estimate of drug-likeness (QED) is 0.238. The van der Waals surface area contributed by atoms with E-state index in [0.29, 0.717) is 18.6 Å². The molecule has 8 nitrogen and oxygen atoms in total. The number of aliphatic hydroxyl groups excluding tert-OH is 1. The van der Waals surface area contributed by atoms with Gasteiger partial charge in [0.25, 0.3) is 5.91 Å². The molecule has 154 valence electrons. The van der Waals surface area contributed by atoms with Gasteiger partial charge in [-0.1, -0.05) is 33.1 Å². The van der Waals surface area contributed by atoms with E-state index in [-0.39, 0.29) is 17.9 Å². The predicted octanol–water partition coefficient (Wildman–Crippen LogP) is 1.61. The molecule has 0 aromatic heterocycles. The van der Waals surface area contributed by atoms with E-state index in [1.807, 2.05) is 6.92 Å². The number of hydrogen-bond donors (Lipinski definition) is 4. The fraction of sp³-hybridized carbons (Fsp3) is 0.611. The summed E-state index contributed by atoms with van der Waals surface area (Å²) >= 11 is 0. The van der Waals surface area contributed by atoms with Crippen molar-refractivity contribution in [3.63, 3.8) is 0 Å². The Kier molecular flexibility index (Phi) is 9.17. The fourth-order valence-electron chi connectivity index (χ4n) is 2.87. The molecular formula is C18H30N2O6S. The van der Waals surface area contributed by atoms with Crippen molar-refractivity contribution in [1.82, 2.24) is 10.8 Å². The minimum Gasteiger partial charge on any atom is -0.497 e. The van der Waals surface area contributed by atoms with Gasteiger partial charge in [-0.05, 0) is 43.7 Å². The number of carbonyl (C=O) groups is 1. The number of rotatable bonds is 12. The van der Waals surface area contributed by atoms with Crippen LogP contribution < -0.4 is 15.5 Å². The van der Waals surface area contributed by atoms with Crippen LogP contribution in [0.1, 0.15) is 46.0 Å². The van der Waals surface area contributed by atoms with E-state index in [4.69, 9.17) is 4.74 Å². The predicted molar refractivity (Wildman–Crippen MR) is 101 cm³/mol. The van der Waals surface area contributed by atoms with Gasteiger partial charge in [-0.2, -0.15) is 0 Å². The van der Waals surface area contributed by atoms with Crippen LogP contribution >= 0.6 is 0 Å². The maximum absolute atomic E-state index is 13.4. The van der Waals surface area contributed by atoms with Gasteiger partial charge < -0.3 is 9.84 Å². The van der Waals surface area contributed by atoms with Gasteiger partial charge in [0.1, 0.15) is 5.75 Å². The van der Waals surface area contributed by atoms with Crippen LogP contribution in [0.5, 0.6) is 5.75 Å². The third-order valence-electron chi connectivity index (χ3n) is 4.42. The zero-order valence-corrected chi connectivity index (χ0v) is 16.9. The molecule has 2 atom stereocenters. The number of hydrogen-bond acceptors (Lipinski definition) is 7. The maximum atomic E-state index is 13.4. The molecule has 0 saturated heterocycles. The minimum atomic E-state index is -4.40. The molecule has 0 heterocycles. The molecule has 4 N–H and O–H groups in total. The Morgan fingerprint density at radius 3 is 2.30 bits per heavy atom. The number of nitrogens with one attached hydrogen (secondary N) is 2. The fourth-order valence-corrected chi connectivity index (χ4v) is 4.80. The standard InChI is InChI=1S/C18H30N2O6S/c1-4-6-7-8-16(21)18(17(22)20-23,19-13-5-2)27(24,25)15-11-9-14(26-3)10-12-15/h9-12,16,19,21,23H,4-8,13H2,1-3H3,(H,20,22)/t16?,18-/m1/s1. The lowest BCUT2D eigenvalue weighted by molar-refractivity contribution is -0.136. The topological polar surface area (TPSA) is 125 Å². The highest BCUT2D eigenvalue weighted by molar-refractivity contribution is 7.93. The summed E-state index contributed by atoms with van der Waals surface area (Å²) < 4.78 is 31.8.